The van der Waals surface area contributed by atoms with Crippen LogP contribution in [0.1, 0.15) is 22.8 Å². The molecule has 0 aliphatic carbocycles. The Morgan fingerprint density at radius 2 is 1.78 bits per heavy atom. The van der Waals surface area contributed by atoms with Gasteiger partial charge in [-0.05, 0) is 47.9 Å². The van der Waals surface area contributed by atoms with Crippen LogP contribution in [0.5, 0.6) is 0 Å². The summed E-state index contributed by atoms with van der Waals surface area (Å²) < 4.78 is 26.2. The zero-order chi connectivity index (χ0) is 26.8. The molecule has 4 N–H and O–H groups in total. The fourth-order valence-corrected chi connectivity index (χ4v) is 6.45. The van der Waals surface area contributed by atoms with Crippen LogP contribution in [0.15, 0.2) is 77.7 Å². The third-order valence-electron chi connectivity index (χ3n) is 5.67. The van der Waals surface area contributed by atoms with Crippen LogP contribution in [-0.2, 0) is 26.0 Å². The van der Waals surface area contributed by atoms with Gasteiger partial charge in [-0.3, -0.25) is 9.01 Å². The maximum Gasteiger partial charge on any atom is 0.326 e. The first kappa shape index (κ1) is 27.1. The van der Waals surface area contributed by atoms with Crippen LogP contribution >= 0.6 is 23.5 Å². The third kappa shape index (κ3) is 6.30. The minimum Gasteiger partial charge on any atom is -0.612 e. The number of quaternary nitrogens is 1. The number of halogens is 1. The topological polar surface area (TPSA) is 164 Å². The SMILES string of the molecule is Nc1ccccc1NC(=O)[C@H](Cc1ccc(C2CC(=O)[N+]([O-])([O-])S2)c(Cl)c1)NS(=O)(=O)c1ccccc1. The molecule has 0 bridgehead atoms. The van der Waals surface area contributed by atoms with Crippen LogP contribution in [0.3, 0.4) is 0 Å². The van der Waals surface area contributed by atoms with Crippen LogP contribution in [0.2, 0.25) is 5.02 Å². The summed E-state index contributed by atoms with van der Waals surface area (Å²) in [6.45, 7) is 0. The van der Waals surface area contributed by atoms with Crippen molar-refractivity contribution >= 4 is 56.8 Å². The smallest absolute Gasteiger partial charge is 0.326 e. The average Bonchev–Trinajstić information content (AvgIpc) is 3.12. The molecule has 0 saturated carbocycles. The molecule has 3 aromatic rings. The molecule has 10 nitrogen and oxygen atoms in total. The summed E-state index contributed by atoms with van der Waals surface area (Å²) >= 11 is 6.80. The van der Waals surface area contributed by atoms with Crippen LogP contribution < -0.4 is 15.8 Å². The van der Waals surface area contributed by atoms with Gasteiger partial charge in [0.1, 0.15) is 6.04 Å². The predicted octanol–water partition coefficient (Wildman–Crippen LogP) is 3.88. The number of carbonyl (C=O) groups is 2. The second-order valence-corrected chi connectivity index (χ2v) is 11.7. The number of rotatable bonds is 8. The lowest BCUT2D eigenvalue weighted by atomic mass is 10.0. The summed E-state index contributed by atoms with van der Waals surface area (Å²) in [5, 5.41) is 25.5. The summed E-state index contributed by atoms with van der Waals surface area (Å²) in [5.41, 5.74) is 7.49. The summed E-state index contributed by atoms with van der Waals surface area (Å²) in [5.74, 6) is -1.64. The van der Waals surface area contributed by atoms with Crippen molar-refractivity contribution in [2.24, 2.45) is 0 Å². The Morgan fingerprint density at radius 1 is 1.11 bits per heavy atom. The molecule has 1 heterocycles. The molecule has 0 radical (unpaired) electrons. The second-order valence-electron chi connectivity index (χ2n) is 8.31. The van der Waals surface area contributed by atoms with E-state index >= 15 is 0 Å². The van der Waals surface area contributed by atoms with Gasteiger partial charge in [0.15, 0.2) is 0 Å². The number of sulfonamides is 1. The summed E-state index contributed by atoms with van der Waals surface area (Å²) in [4.78, 5) is 24.9. The Kier molecular flexibility index (Phi) is 7.90. The number of nitrogen functional groups attached to an aromatic ring is 1. The van der Waals surface area contributed by atoms with Gasteiger partial charge in [0.05, 0.1) is 39.9 Å². The van der Waals surface area contributed by atoms with Crippen molar-refractivity contribution in [1.29, 1.82) is 0 Å². The number of para-hydroxylation sites is 2. The van der Waals surface area contributed by atoms with Crippen molar-refractivity contribution < 1.29 is 22.2 Å². The van der Waals surface area contributed by atoms with Crippen molar-refractivity contribution in [2.45, 2.75) is 29.0 Å². The molecule has 2 atom stereocenters. The first-order valence-corrected chi connectivity index (χ1v) is 13.7. The van der Waals surface area contributed by atoms with Crippen molar-refractivity contribution in [3.05, 3.63) is 99.4 Å². The number of benzene rings is 3. The molecule has 1 saturated heterocycles. The molecule has 3 aromatic carbocycles. The van der Waals surface area contributed by atoms with Gasteiger partial charge >= 0.3 is 5.91 Å². The number of anilines is 2. The second kappa shape index (κ2) is 10.8. The fraction of sp³-hybridized carbons (Fsp3) is 0.167. The molecular weight excluding hydrogens is 540 g/mol. The molecule has 4 rings (SSSR count). The first-order valence-electron chi connectivity index (χ1n) is 11.0. The zero-order valence-electron chi connectivity index (χ0n) is 19.2. The Morgan fingerprint density at radius 3 is 2.41 bits per heavy atom. The Bertz CT molecular complexity index is 1440. The van der Waals surface area contributed by atoms with E-state index < -0.39 is 37.3 Å². The minimum absolute atomic E-state index is 0.0137. The highest BCUT2D eigenvalue weighted by molar-refractivity contribution is 7.94. The summed E-state index contributed by atoms with van der Waals surface area (Å²) in [6, 6.07) is 17.6. The van der Waals surface area contributed by atoms with E-state index in [0.717, 1.165) is 0 Å². The van der Waals surface area contributed by atoms with Crippen LogP contribution in [0.25, 0.3) is 0 Å². The number of hydrogen-bond donors (Lipinski definition) is 3. The minimum atomic E-state index is -4.06. The molecule has 1 aliphatic heterocycles. The molecule has 1 fully saturated rings. The van der Waals surface area contributed by atoms with Gasteiger partial charge in [0.25, 0.3) is 0 Å². The van der Waals surface area contributed by atoms with E-state index in [2.05, 4.69) is 10.0 Å². The lowest BCUT2D eigenvalue weighted by Crippen LogP contribution is -2.45. The number of nitrogens with zero attached hydrogens (tertiary/aromatic N) is 1. The van der Waals surface area contributed by atoms with Gasteiger partial charge in [-0.1, -0.05) is 54.1 Å². The molecule has 2 amide bonds. The van der Waals surface area contributed by atoms with E-state index in [9.17, 15) is 28.4 Å². The van der Waals surface area contributed by atoms with Gasteiger partial charge < -0.3 is 21.5 Å². The Balaban J connectivity index is 1.60. The van der Waals surface area contributed by atoms with Crippen molar-refractivity contribution in [2.75, 3.05) is 11.1 Å². The number of nitrogens with two attached hydrogens (primary N) is 1. The molecule has 0 spiro atoms. The molecule has 194 valence electrons. The van der Waals surface area contributed by atoms with Crippen LogP contribution in [0.4, 0.5) is 11.4 Å². The molecule has 1 unspecified atom stereocenters. The average molecular weight is 562 g/mol. The van der Waals surface area contributed by atoms with Crippen molar-refractivity contribution in [1.82, 2.24) is 4.72 Å². The van der Waals surface area contributed by atoms with E-state index in [0.29, 0.717) is 34.4 Å². The lowest BCUT2D eigenvalue weighted by Gasteiger charge is -2.36. The van der Waals surface area contributed by atoms with Gasteiger partial charge in [0.2, 0.25) is 15.9 Å². The van der Waals surface area contributed by atoms with Gasteiger partial charge in [-0.25, -0.2) is 13.2 Å². The molecule has 13 heteroatoms. The van der Waals surface area contributed by atoms with Crippen LogP contribution in [-0.4, -0.2) is 30.5 Å². The normalized spacial score (nSPS) is 17.9. The summed E-state index contributed by atoms with van der Waals surface area (Å²) in [6.07, 6.45) is -0.332. The highest BCUT2D eigenvalue weighted by Gasteiger charge is 2.39. The monoisotopic (exact) mass is 561 g/mol. The Hall–Kier alpha value is -2.97. The first-order chi connectivity index (χ1) is 17.5. The predicted molar refractivity (Wildman–Crippen MR) is 142 cm³/mol. The van der Waals surface area contributed by atoms with E-state index in [1.807, 2.05) is 0 Å². The number of hydroxylamine groups is 2. The molecule has 0 aromatic heterocycles. The van der Waals surface area contributed by atoms with Crippen molar-refractivity contribution in [3.63, 3.8) is 0 Å². The van der Waals surface area contributed by atoms with E-state index in [-0.39, 0.29) is 22.8 Å². The lowest BCUT2D eigenvalue weighted by molar-refractivity contribution is -0.593. The Labute approximate surface area is 222 Å². The number of carbonyl (C=O) groups excluding carboxylic acids is 2. The van der Waals surface area contributed by atoms with Crippen LogP contribution in [0, 0.1) is 10.4 Å². The molecule has 1 aliphatic rings. The maximum atomic E-state index is 13.2. The molecular formula is C24H22ClN4O6S2-. The highest BCUT2D eigenvalue weighted by atomic mass is 35.5. The van der Waals surface area contributed by atoms with E-state index in [1.165, 1.54) is 18.2 Å². The molecule has 37 heavy (non-hydrogen) atoms. The number of hydrogen-bond acceptors (Lipinski definition) is 8. The highest BCUT2D eigenvalue weighted by Crippen LogP contribution is 2.48. The van der Waals surface area contributed by atoms with Gasteiger partial charge in [-0.15, -0.1) is 0 Å². The van der Waals surface area contributed by atoms with Gasteiger partial charge in [-0.2, -0.15) is 4.72 Å². The largest absolute Gasteiger partial charge is 0.612 e. The van der Waals surface area contributed by atoms with Crippen molar-refractivity contribution in [3.8, 4) is 0 Å². The third-order valence-corrected chi connectivity index (χ3v) is 8.64. The maximum absolute atomic E-state index is 13.2. The van der Waals surface area contributed by atoms with E-state index in [4.69, 9.17) is 17.3 Å². The summed E-state index contributed by atoms with van der Waals surface area (Å²) in [7, 11) is -4.06. The fourth-order valence-electron chi connectivity index (χ4n) is 3.77. The zero-order valence-corrected chi connectivity index (χ0v) is 21.6. The van der Waals surface area contributed by atoms with Gasteiger partial charge in [0, 0.05) is 5.02 Å². The quantitative estimate of drug-likeness (QED) is 0.161. The number of nitrogens with one attached hydrogen (secondary N) is 2. The van der Waals surface area contributed by atoms with E-state index in [1.54, 1.807) is 54.6 Å². The standard InChI is InChI=1S/C24H22ClN4O6S2/c25-18-12-15(10-11-17(18)22-14-23(30)29(32,33)36-22)13-21(24(31)27-20-9-5-4-8-19(20)26)28-37(34,35)16-6-2-1-3-7-16/h1-12,21-22,28H,13-14,26H2,(H,27,31)/q-1/t21-,22?/m0/s1. The number of amides is 2.